The van der Waals surface area contributed by atoms with Crippen LogP contribution in [0.3, 0.4) is 0 Å². The molecule has 2 atom stereocenters. The van der Waals surface area contributed by atoms with E-state index in [-0.39, 0.29) is 17.7 Å². The highest BCUT2D eigenvalue weighted by Gasteiger charge is 2.32. The van der Waals surface area contributed by atoms with Gasteiger partial charge in [0.05, 0.1) is 55.4 Å². The zero-order valence-electron chi connectivity index (χ0n) is 33.6. The lowest BCUT2D eigenvalue weighted by molar-refractivity contribution is -0.142. The first kappa shape index (κ1) is 39.3. The highest BCUT2D eigenvalue weighted by Crippen LogP contribution is 2.43. The number of aryl methyl sites for hydroxylation is 2. The quantitative estimate of drug-likeness (QED) is 0.132. The minimum Gasteiger partial charge on any atom is -0.481 e. The Morgan fingerprint density at radius 1 is 0.783 bits per heavy atom. The molecule has 2 aliphatic carbocycles. The number of aliphatic carboxylic acids is 1. The number of carbonyl (C=O) groups is 2. The van der Waals surface area contributed by atoms with Crippen LogP contribution >= 0.6 is 22.7 Å². The van der Waals surface area contributed by atoms with Crippen molar-refractivity contribution in [1.82, 2.24) is 34.8 Å². The fourth-order valence-corrected chi connectivity index (χ4v) is 10.9. The van der Waals surface area contributed by atoms with Gasteiger partial charge in [-0.3, -0.25) is 19.6 Å². The number of nitrogens with zero attached hydrogens (tertiary/aromatic N) is 9. The SMILES string of the molecule is CCCN(C)C(=O)[C@H]1CCc2c(sc3ncnc(Nc4cc5c(nc4OC)CN=C5)c23)C1.COc1nc2c(cc1Nc1ncnc3sc4c(c13)CC[C@H](C(=O)O)C4)C=NC2. The van der Waals surface area contributed by atoms with E-state index in [1.165, 1.54) is 16.8 Å². The fraction of sp³-hybridized carbons (Fsp3) is 0.381. The van der Waals surface area contributed by atoms with Crippen LogP contribution < -0.4 is 20.1 Å². The van der Waals surface area contributed by atoms with Crippen LogP contribution in [0, 0.1) is 11.8 Å². The van der Waals surface area contributed by atoms with Crippen molar-refractivity contribution in [1.29, 1.82) is 0 Å². The van der Waals surface area contributed by atoms with E-state index in [9.17, 15) is 14.7 Å². The van der Waals surface area contributed by atoms with Gasteiger partial charge in [0.2, 0.25) is 17.7 Å². The second-order valence-corrected chi connectivity index (χ2v) is 17.3. The Kier molecular flexibility index (Phi) is 10.8. The Morgan fingerprint density at radius 3 is 1.77 bits per heavy atom. The van der Waals surface area contributed by atoms with Crippen molar-refractivity contribution >= 4 is 90.4 Å². The number of nitrogens with one attached hydrogen (secondary N) is 2. The number of thiophene rings is 2. The number of rotatable bonds is 10. The lowest BCUT2D eigenvalue weighted by atomic mass is 9.87. The van der Waals surface area contributed by atoms with E-state index in [4.69, 9.17) is 9.47 Å². The van der Waals surface area contributed by atoms with Gasteiger partial charge in [0.25, 0.3) is 0 Å². The standard InChI is InChI=1S/C23H26N6O2S.C19H17N5O3S/c1-4-7-29(2)23(30)13-5-6-15-18(9-13)32-22-19(15)20(25-12-26-22)27-16-8-14-10-24-11-17(14)28-21(16)31-3;1-27-17-12(4-10-6-20-7-13(10)24-17)23-16-15-11-3-2-9(19(25)26)5-14(11)28-18(15)22-8-21-16/h8,10,12-13H,4-7,9,11H2,1-3H3,(H,25,26,27);4,6,8-9H,2-3,5,7H2,1H3,(H,25,26)(H,21,22,23)/t13-;9-/m00/s1. The van der Waals surface area contributed by atoms with Gasteiger partial charge in [0, 0.05) is 52.8 Å². The van der Waals surface area contributed by atoms with Gasteiger partial charge >= 0.3 is 5.97 Å². The maximum Gasteiger partial charge on any atom is 0.306 e. The van der Waals surface area contributed by atoms with Crippen LogP contribution in [0.25, 0.3) is 20.4 Å². The molecule has 60 heavy (non-hydrogen) atoms. The molecule has 16 nitrogen and oxygen atoms in total. The summed E-state index contributed by atoms with van der Waals surface area (Å²) >= 11 is 3.22. The minimum absolute atomic E-state index is 0.0387. The number of carboxylic acids is 1. The van der Waals surface area contributed by atoms with Crippen LogP contribution in [-0.2, 0) is 48.4 Å². The van der Waals surface area contributed by atoms with E-state index >= 15 is 0 Å². The third-order valence-corrected chi connectivity index (χ3v) is 13.7. The number of pyridine rings is 2. The second kappa shape index (κ2) is 16.5. The molecule has 308 valence electrons. The molecular formula is C42H43N11O5S2. The molecule has 0 saturated carbocycles. The fourth-order valence-electron chi connectivity index (χ4n) is 8.37. The molecule has 6 aromatic heterocycles. The number of aliphatic imine (C=N–C) groups is 2. The summed E-state index contributed by atoms with van der Waals surface area (Å²) in [5, 5.41) is 18.1. The van der Waals surface area contributed by atoms with Crippen molar-refractivity contribution in [3.8, 4) is 11.8 Å². The number of methoxy groups -OCH3 is 2. The smallest absolute Gasteiger partial charge is 0.306 e. The van der Waals surface area contributed by atoms with Crippen LogP contribution in [0.15, 0.2) is 34.8 Å². The molecule has 1 amide bonds. The zero-order valence-corrected chi connectivity index (χ0v) is 35.2. The molecule has 0 saturated heterocycles. The van der Waals surface area contributed by atoms with Gasteiger partial charge < -0.3 is 30.1 Å². The molecule has 0 fully saturated rings. The van der Waals surface area contributed by atoms with Gasteiger partial charge in [-0.1, -0.05) is 6.92 Å². The summed E-state index contributed by atoms with van der Waals surface area (Å²) in [7, 11) is 5.11. The predicted octanol–water partition coefficient (Wildman–Crippen LogP) is 6.70. The Hall–Kier alpha value is -6.14. The van der Waals surface area contributed by atoms with Crippen molar-refractivity contribution in [2.75, 3.05) is 38.4 Å². The number of fused-ring (bicyclic) bond motifs is 8. The summed E-state index contributed by atoms with van der Waals surface area (Å²) in [5.41, 5.74) is 7.63. The summed E-state index contributed by atoms with van der Waals surface area (Å²) < 4.78 is 11.0. The number of hydrogen-bond acceptors (Lipinski definition) is 16. The Bertz CT molecular complexity index is 2730. The highest BCUT2D eigenvalue weighted by atomic mass is 32.1. The Balaban J connectivity index is 0.000000155. The molecule has 4 aliphatic rings. The van der Waals surface area contributed by atoms with E-state index in [0.29, 0.717) is 55.6 Å². The van der Waals surface area contributed by atoms with Crippen LogP contribution in [0.1, 0.15) is 69.6 Å². The molecule has 2 aliphatic heterocycles. The summed E-state index contributed by atoms with van der Waals surface area (Å²) in [6.07, 6.45) is 12.1. The number of amides is 1. The first-order chi connectivity index (χ1) is 29.2. The van der Waals surface area contributed by atoms with E-state index in [1.54, 1.807) is 49.4 Å². The lowest BCUT2D eigenvalue weighted by Gasteiger charge is -2.26. The molecule has 3 N–H and O–H groups in total. The largest absolute Gasteiger partial charge is 0.481 e. The number of carbonyl (C=O) groups excluding carboxylic acids is 1. The molecule has 0 aromatic carbocycles. The molecule has 10 rings (SSSR count). The van der Waals surface area contributed by atoms with Crippen molar-refractivity contribution in [3.05, 3.63) is 68.2 Å². The van der Waals surface area contributed by atoms with Gasteiger partial charge in [-0.15, -0.1) is 22.7 Å². The third kappa shape index (κ3) is 7.38. The molecule has 8 heterocycles. The van der Waals surface area contributed by atoms with E-state index in [1.807, 2.05) is 30.3 Å². The average Bonchev–Trinajstić information content (AvgIpc) is 4.07. The number of hydrogen-bond donors (Lipinski definition) is 3. The van der Waals surface area contributed by atoms with Gasteiger partial charge in [-0.05, 0) is 68.2 Å². The summed E-state index contributed by atoms with van der Waals surface area (Å²) in [6.45, 7) is 4.04. The average molecular weight is 846 g/mol. The maximum absolute atomic E-state index is 12.8. The Labute approximate surface area is 353 Å². The molecule has 18 heteroatoms. The molecule has 0 bridgehead atoms. The first-order valence-corrected chi connectivity index (χ1v) is 21.5. The predicted molar refractivity (Wildman–Crippen MR) is 232 cm³/mol. The molecule has 0 radical (unpaired) electrons. The minimum atomic E-state index is -0.733. The number of carboxylic acid groups (broad SMARTS) is 1. The second-order valence-electron chi connectivity index (χ2n) is 15.1. The summed E-state index contributed by atoms with van der Waals surface area (Å²) in [4.78, 5) is 65.8. The number of aromatic nitrogens is 6. The molecule has 0 spiro atoms. The van der Waals surface area contributed by atoms with E-state index in [0.717, 1.165) is 97.1 Å². The van der Waals surface area contributed by atoms with Crippen LogP contribution in [0.5, 0.6) is 11.8 Å². The Morgan fingerprint density at radius 2 is 1.28 bits per heavy atom. The van der Waals surface area contributed by atoms with Gasteiger partial charge in [-0.25, -0.2) is 29.9 Å². The van der Waals surface area contributed by atoms with Crippen molar-refractivity contribution in [2.24, 2.45) is 21.8 Å². The van der Waals surface area contributed by atoms with Crippen LogP contribution in [0.4, 0.5) is 23.0 Å². The van der Waals surface area contributed by atoms with Crippen LogP contribution in [-0.4, -0.2) is 92.0 Å². The zero-order chi connectivity index (χ0) is 41.5. The normalized spacial score (nSPS) is 17.0. The monoisotopic (exact) mass is 845 g/mol. The van der Waals surface area contributed by atoms with Gasteiger partial charge in [-0.2, -0.15) is 0 Å². The number of ether oxygens (including phenoxy) is 2. The molecule has 6 aromatic rings. The topological polar surface area (TPSA) is 202 Å². The van der Waals surface area contributed by atoms with E-state index in [2.05, 4.69) is 57.4 Å². The first-order valence-electron chi connectivity index (χ1n) is 19.9. The lowest BCUT2D eigenvalue weighted by Crippen LogP contribution is -2.35. The number of anilines is 4. The third-order valence-electron chi connectivity index (χ3n) is 11.4. The highest BCUT2D eigenvalue weighted by molar-refractivity contribution is 7.19. The van der Waals surface area contributed by atoms with Crippen molar-refractivity contribution in [3.63, 3.8) is 0 Å². The molecule has 0 unspecified atom stereocenters. The maximum atomic E-state index is 12.8. The van der Waals surface area contributed by atoms with Crippen LogP contribution in [0.2, 0.25) is 0 Å². The van der Waals surface area contributed by atoms with Gasteiger partial charge in [0.15, 0.2) is 0 Å². The summed E-state index contributed by atoms with van der Waals surface area (Å²) in [5.74, 6) is 1.67. The van der Waals surface area contributed by atoms with E-state index < -0.39 is 5.97 Å². The van der Waals surface area contributed by atoms with Crippen molar-refractivity contribution in [2.45, 2.75) is 65.0 Å². The summed E-state index contributed by atoms with van der Waals surface area (Å²) in [6, 6.07) is 3.97. The molecular weight excluding hydrogens is 803 g/mol. The van der Waals surface area contributed by atoms with Crippen molar-refractivity contribution < 1.29 is 24.2 Å². The van der Waals surface area contributed by atoms with Gasteiger partial charge in [0.1, 0.15) is 45.3 Å².